The SMILES string of the molecule is COC(=O)[C@H]1NCCc2ccccc21.Cl. The molecule has 0 bridgehead atoms. The van der Waals surface area contributed by atoms with Gasteiger partial charge in [-0.25, -0.2) is 4.79 Å². The van der Waals surface area contributed by atoms with Gasteiger partial charge in [0.25, 0.3) is 0 Å². The fourth-order valence-electron chi connectivity index (χ4n) is 1.83. The van der Waals surface area contributed by atoms with Crippen molar-refractivity contribution in [3.8, 4) is 0 Å². The zero-order valence-corrected chi connectivity index (χ0v) is 9.34. The first kappa shape index (κ1) is 12.0. The number of rotatable bonds is 1. The summed E-state index contributed by atoms with van der Waals surface area (Å²) in [6, 6.07) is 7.69. The highest BCUT2D eigenvalue weighted by Crippen LogP contribution is 2.23. The molecule has 0 fully saturated rings. The van der Waals surface area contributed by atoms with Crippen molar-refractivity contribution in [3.63, 3.8) is 0 Å². The molecule has 82 valence electrons. The highest BCUT2D eigenvalue weighted by Gasteiger charge is 2.25. The molecular formula is C11H14ClNO2. The van der Waals surface area contributed by atoms with Crippen molar-refractivity contribution in [2.24, 2.45) is 0 Å². The molecule has 0 radical (unpaired) electrons. The zero-order valence-electron chi connectivity index (χ0n) is 8.53. The minimum atomic E-state index is -0.287. The van der Waals surface area contributed by atoms with Gasteiger partial charge >= 0.3 is 5.97 Å². The van der Waals surface area contributed by atoms with Crippen LogP contribution < -0.4 is 5.32 Å². The normalized spacial score (nSPS) is 18.6. The molecule has 0 saturated carbocycles. The first-order valence-corrected chi connectivity index (χ1v) is 4.72. The Balaban J connectivity index is 0.00000112. The summed E-state index contributed by atoms with van der Waals surface area (Å²) in [5, 5.41) is 3.15. The highest BCUT2D eigenvalue weighted by molar-refractivity contribution is 5.85. The standard InChI is InChI=1S/C11H13NO2.ClH/c1-14-11(13)10-9-5-3-2-4-8(9)6-7-12-10;/h2-5,10,12H,6-7H2,1H3;1H/t10-;/m0./s1. The van der Waals surface area contributed by atoms with E-state index in [0.717, 1.165) is 18.5 Å². The molecule has 1 N–H and O–H groups in total. The maximum atomic E-state index is 11.4. The third-order valence-corrected chi connectivity index (χ3v) is 2.55. The Morgan fingerprint density at radius 1 is 1.47 bits per heavy atom. The Bertz CT molecular complexity index is 354. The van der Waals surface area contributed by atoms with Gasteiger partial charge in [0.1, 0.15) is 6.04 Å². The van der Waals surface area contributed by atoms with Gasteiger partial charge in [-0.3, -0.25) is 0 Å². The highest BCUT2D eigenvalue weighted by atomic mass is 35.5. The summed E-state index contributed by atoms with van der Waals surface area (Å²) in [5.41, 5.74) is 2.28. The number of carbonyl (C=O) groups is 1. The fraction of sp³-hybridized carbons (Fsp3) is 0.364. The van der Waals surface area contributed by atoms with Gasteiger partial charge in [-0.2, -0.15) is 0 Å². The van der Waals surface area contributed by atoms with Gasteiger partial charge in [0.2, 0.25) is 0 Å². The van der Waals surface area contributed by atoms with Crippen LogP contribution in [0.25, 0.3) is 0 Å². The molecule has 1 aliphatic rings. The number of methoxy groups -OCH3 is 1. The van der Waals surface area contributed by atoms with Crippen molar-refractivity contribution < 1.29 is 9.53 Å². The molecule has 0 amide bonds. The molecule has 1 heterocycles. The quantitative estimate of drug-likeness (QED) is 0.739. The van der Waals surface area contributed by atoms with Gasteiger partial charge in [0, 0.05) is 6.54 Å². The van der Waals surface area contributed by atoms with Gasteiger partial charge in [-0.05, 0) is 17.5 Å². The van der Waals surface area contributed by atoms with Crippen LogP contribution in [0.2, 0.25) is 0 Å². The van der Waals surface area contributed by atoms with E-state index < -0.39 is 0 Å². The Kier molecular flexibility index (Phi) is 4.12. The van der Waals surface area contributed by atoms with Gasteiger partial charge in [-0.15, -0.1) is 12.4 Å². The van der Waals surface area contributed by atoms with Crippen LogP contribution >= 0.6 is 12.4 Å². The van der Waals surface area contributed by atoms with Crippen molar-refractivity contribution in [2.45, 2.75) is 12.5 Å². The molecule has 0 spiro atoms. The number of hydrogen-bond donors (Lipinski definition) is 1. The third kappa shape index (κ3) is 2.30. The average molecular weight is 228 g/mol. The molecule has 3 nitrogen and oxygen atoms in total. The Morgan fingerprint density at radius 2 is 2.20 bits per heavy atom. The minimum Gasteiger partial charge on any atom is -0.468 e. The zero-order chi connectivity index (χ0) is 9.97. The van der Waals surface area contributed by atoms with Crippen LogP contribution in [0.1, 0.15) is 17.2 Å². The average Bonchev–Trinajstić information content (AvgIpc) is 2.27. The van der Waals surface area contributed by atoms with E-state index >= 15 is 0 Å². The van der Waals surface area contributed by atoms with Crippen LogP contribution in [0.4, 0.5) is 0 Å². The molecule has 0 aromatic heterocycles. The predicted molar refractivity (Wildman–Crippen MR) is 60.2 cm³/mol. The number of nitrogens with one attached hydrogen (secondary N) is 1. The van der Waals surface area contributed by atoms with E-state index in [0.29, 0.717) is 0 Å². The van der Waals surface area contributed by atoms with E-state index in [4.69, 9.17) is 4.74 Å². The molecule has 0 unspecified atom stereocenters. The molecule has 0 aliphatic carbocycles. The van der Waals surface area contributed by atoms with E-state index in [2.05, 4.69) is 11.4 Å². The Morgan fingerprint density at radius 3 is 2.93 bits per heavy atom. The van der Waals surface area contributed by atoms with Crippen molar-refractivity contribution in [3.05, 3.63) is 35.4 Å². The van der Waals surface area contributed by atoms with Crippen LogP contribution in [-0.2, 0) is 16.0 Å². The van der Waals surface area contributed by atoms with E-state index in [9.17, 15) is 4.79 Å². The Labute approximate surface area is 95.2 Å². The second kappa shape index (κ2) is 5.14. The fourth-order valence-corrected chi connectivity index (χ4v) is 1.83. The lowest BCUT2D eigenvalue weighted by atomic mass is 9.94. The monoisotopic (exact) mass is 227 g/mol. The van der Waals surface area contributed by atoms with E-state index in [1.165, 1.54) is 12.7 Å². The lowest BCUT2D eigenvalue weighted by molar-refractivity contribution is -0.143. The molecule has 1 aliphatic heterocycles. The summed E-state index contributed by atoms with van der Waals surface area (Å²) < 4.78 is 4.75. The third-order valence-electron chi connectivity index (χ3n) is 2.55. The van der Waals surface area contributed by atoms with Gasteiger partial charge < -0.3 is 10.1 Å². The topological polar surface area (TPSA) is 38.3 Å². The largest absolute Gasteiger partial charge is 0.468 e. The Hall–Kier alpha value is -1.06. The van der Waals surface area contributed by atoms with Crippen LogP contribution in [0.3, 0.4) is 0 Å². The maximum Gasteiger partial charge on any atom is 0.327 e. The maximum absolute atomic E-state index is 11.4. The molecule has 15 heavy (non-hydrogen) atoms. The first-order chi connectivity index (χ1) is 6.83. The molecular weight excluding hydrogens is 214 g/mol. The van der Waals surface area contributed by atoms with Crippen LogP contribution in [0, 0.1) is 0 Å². The van der Waals surface area contributed by atoms with Crippen molar-refractivity contribution >= 4 is 18.4 Å². The molecule has 2 rings (SSSR count). The number of carbonyl (C=O) groups excluding carboxylic acids is 1. The number of fused-ring (bicyclic) bond motifs is 1. The molecule has 4 heteroatoms. The summed E-state index contributed by atoms with van der Waals surface area (Å²) >= 11 is 0. The first-order valence-electron chi connectivity index (χ1n) is 4.72. The number of esters is 1. The second-order valence-corrected chi connectivity index (χ2v) is 3.36. The summed E-state index contributed by atoms with van der Waals surface area (Å²) in [6.07, 6.45) is 0.976. The smallest absolute Gasteiger partial charge is 0.327 e. The lowest BCUT2D eigenvalue weighted by Crippen LogP contribution is -2.35. The lowest BCUT2D eigenvalue weighted by Gasteiger charge is -2.24. The van der Waals surface area contributed by atoms with Crippen molar-refractivity contribution in [1.29, 1.82) is 0 Å². The predicted octanol–water partition coefficient (Wildman–Crippen LogP) is 1.47. The van der Waals surface area contributed by atoms with Gasteiger partial charge in [-0.1, -0.05) is 24.3 Å². The molecule has 1 aromatic carbocycles. The summed E-state index contributed by atoms with van der Waals surface area (Å²) in [6.45, 7) is 0.830. The second-order valence-electron chi connectivity index (χ2n) is 3.36. The number of benzene rings is 1. The van der Waals surface area contributed by atoms with Crippen molar-refractivity contribution in [1.82, 2.24) is 5.32 Å². The van der Waals surface area contributed by atoms with E-state index in [1.807, 2.05) is 18.2 Å². The number of hydrogen-bond acceptors (Lipinski definition) is 3. The van der Waals surface area contributed by atoms with Crippen molar-refractivity contribution in [2.75, 3.05) is 13.7 Å². The molecule has 1 atom stereocenters. The summed E-state index contributed by atoms with van der Waals surface area (Å²) in [4.78, 5) is 11.4. The van der Waals surface area contributed by atoms with E-state index in [1.54, 1.807) is 0 Å². The van der Waals surface area contributed by atoms with Gasteiger partial charge in [0.05, 0.1) is 7.11 Å². The molecule has 0 saturated heterocycles. The van der Waals surface area contributed by atoms with E-state index in [-0.39, 0.29) is 24.4 Å². The van der Waals surface area contributed by atoms with Crippen LogP contribution in [0.5, 0.6) is 0 Å². The number of ether oxygens (including phenoxy) is 1. The summed E-state index contributed by atoms with van der Waals surface area (Å²) in [5.74, 6) is -0.211. The minimum absolute atomic E-state index is 0. The van der Waals surface area contributed by atoms with Gasteiger partial charge in [0.15, 0.2) is 0 Å². The van der Waals surface area contributed by atoms with Crippen LogP contribution in [0.15, 0.2) is 24.3 Å². The molecule has 1 aromatic rings. The number of halogens is 1. The summed E-state index contributed by atoms with van der Waals surface area (Å²) in [7, 11) is 1.42. The van der Waals surface area contributed by atoms with Crippen LogP contribution in [-0.4, -0.2) is 19.6 Å².